The topological polar surface area (TPSA) is 80.0 Å². The van der Waals surface area contributed by atoms with Crippen molar-refractivity contribution < 1.29 is 23.7 Å². The standard InChI is InChI=1S/C14H19NO5/c1-17-6-7-18-9-19-11-4-2-10(3-5-11)12-8-13(12)20-14(15)16/h2-5,12-13H,6-9H2,1H3,(H2,15,16). The molecular formula is C14H19NO5. The zero-order valence-electron chi connectivity index (χ0n) is 11.4. The quantitative estimate of drug-likeness (QED) is 0.578. The average Bonchev–Trinajstić information content (AvgIpc) is 3.17. The zero-order valence-corrected chi connectivity index (χ0v) is 11.4. The van der Waals surface area contributed by atoms with Crippen LogP contribution in [0.3, 0.4) is 0 Å². The molecule has 20 heavy (non-hydrogen) atoms. The van der Waals surface area contributed by atoms with Gasteiger partial charge in [-0.15, -0.1) is 0 Å². The highest BCUT2D eigenvalue weighted by Crippen LogP contribution is 2.43. The van der Waals surface area contributed by atoms with Crippen molar-refractivity contribution in [2.45, 2.75) is 18.4 Å². The van der Waals surface area contributed by atoms with E-state index in [2.05, 4.69) is 0 Å². The molecule has 2 atom stereocenters. The summed E-state index contributed by atoms with van der Waals surface area (Å²) in [6.07, 6.45) is 0.0193. The monoisotopic (exact) mass is 281 g/mol. The first kappa shape index (κ1) is 14.6. The van der Waals surface area contributed by atoms with E-state index < -0.39 is 6.09 Å². The van der Waals surface area contributed by atoms with E-state index >= 15 is 0 Å². The van der Waals surface area contributed by atoms with Gasteiger partial charge < -0.3 is 24.7 Å². The molecule has 110 valence electrons. The van der Waals surface area contributed by atoms with E-state index in [1.165, 1.54) is 0 Å². The molecule has 0 aromatic heterocycles. The largest absolute Gasteiger partial charge is 0.468 e. The molecule has 2 unspecified atom stereocenters. The van der Waals surface area contributed by atoms with Crippen LogP contribution < -0.4 is 10.5 Å². The van der Waals surface area contributed by atoms with Crippen molar-refractivity contribution in [3.8, 4) is 5.75 Å². The number of methoxy groups -OCH3 is 1. The molecular weight excluding hydrogens is 262 g/mol. The first-order valence-corrected chi connectivity index (χ1v) is 6.46. The van der Waals surface area contributed by atoms with Gasteiger partial charge in [-0.05, 0) is 24.1 Å². The van der Waals surface area contributed by atoms with Gasteiger partial charge in [-0.3, -0.25) is 0 Å². The molecule has 6 nitrogen and oxygen atoms in total. The number of nitrogens with two attached hydrogens (primary N) is 1. The molecule has 0 spiro atoms. The van der Waals surface area contributed by atoms with Crippen LogP contribution in [0.2, 0.25) is 0 Å². The van der Waals surface area contributed by atoms with E-state index in [-0.39, 0.29) is 18.8 Å². The summed E-state index contributed by atoms with van der Waals surface area (Å²) in [5.74, 6) is 0.980. The fourth-order valence-corrected chi connectivity index (χ4v) is 1.92. The summed E-state index contributed by atoms with van der Waals surface area (Å²) in [7, 11) is 1.62. The summed E-state index contributed by atoms with van der Waals surface area (Å²) in [6, 6.07) is 7.66. The Hall–Kier alpha value is -1.79. The Morgan fingerprint density at radius 1 is 1.30 bits per heavy atom. The third-order valence-electron chi connectivity index (χ3n) is 3.05. The Bertz CT molecular complexity index is 434. The van der Waals surface area contributed by atoms with Crippen LogP contribution in [-0.2, 0) is 14.2 Å². The summed E-state index contributed by atoms with van der Waals surface area (Å²) in [5.41, 5.74) is 6.10. The molecule has 1 aliphatic rings. The number of amides is 1. The van der Waals surface area contributed by atoms with Crippen LogP contribution >= 0.6 is 0 Å². The predicted octanol–water partition coefficient (Wildman–Crippen LogP) is 1.64. The smallest absolute Gasteiger partial charge is 0.404 e. The number of hydrogen-bond acceptors (Lipinski definition) is 5. The van der Waals surface area contributed by atoms with Gasteiger partial charge in [-0.1, -0.05) is 12.1 Å². The first-order chi connectivity index (χ1) is 9.70. The van der Waals surface area contributed by atoms with Crippen molar-refractivity contribution in [2.24, 2.45) is 5.73 Å². The van der Waals surface area contributed by atoms with Crippen LogP contribution in [0.5, 0.6) is 5.75 Å². The SMILES string of the molecule is COCCOCOc1ccc(C2CC2OC(N)=O)cc1. The number of hydrogen-bond donors (Lipinski definition) is 1. The third kappa shape index (κ3) is 4.40. The summed E-state index contributed by atoms with van der Waals surface area (Å²) in [5, 5.41) is 0. The highest BCUT2D eigenvalue weighted by Gasteiger charge is 2.41. The van der Waals surface area contributed by atoms with Crippen molar-refractivity contribution in [3.63, 3.8) is 0 Å². The fraction of sp³-hybridized carbons (Fsp3) is 0.500. The van der Waals surface area contributed by atoms with Gasteiger partial charge in [-0.25, -0.2) is 4.79 Å². The molecule has 1 amide bonds. The number of rotatable bonds is 8. The second-order valence-corrected chi connectivity index (χ2v) is 4.55. The first-order valence-electron chi connectivity index (χ1n) is 6.46. The second kappa shape index (κ2) is 7.12. The Labute approximate surface area is 117 Å². The molecule has 0 heterocycles. The average molecular weight is 281 g/mol. The molecule has 2 N–H and O–H groups in total. The van der Waals surface area contributed by atoms with Crippen LogP contribution in [0.25, 0.3) is 0 Å². The molecule has 1 fully saturated rings. The van der Waals surface area contributed by atoms with E-state index in [4.69, 9.17) is 24.7 Å². The highest BCUT2D eigenvalue weighted by molar-refractivity contribution is 5.65. The Kier molecular flexibility index (Phi) is 5.20. The van der Waals surface area contributed by atoms with Crippen molar-refractivity contribution in [1.82, 2.24) is 0 Å². The van der Waals surface area contributed by atoms with E-state index in [1.54, 1.807) is 7.11 Å². The van der Waals surface area contributed by atoms with Gasteiger partial charge in [0.15, 0.2) is 6.79 Å². The lowest BCUT2D eigenvalue weighted by atomic mass is 10.1. The fourth-order valence-electron chi connectivity index (χ4n) is 1.92. The van der Waals surface area contributed by atoms with Crippen molar-refractivity contribution in [2.75, 3.05) is 27.1 Å². The molecule has 0 saturated heterocycles. The van der Waals surface area contributed by atoms with Crippen molar-refractivity contribution in [3.05, 3.63) is 29.8 Å². The maximum absolute atomic E-state index is 10.6. The lowest BCUT2D eigenvalue weighted by Gasteiger charge is -2.07. The van der Waals surface area contributed by atoms with E-state index in [1.807, 2.05) is 24.3 Å². The number of carbonyl (C=O) groups is 1. The van der Waals surface area contributed by atoms with Gasteiger partial charge in [0.25, 0.3) is 0 Å². The molecule has 0 radical (unpaired) electrons. The molecule has 2 rings (SSSR count). The summed E-state index contributed by atoms with van der Waals surface area (Å²) in [6.45, 7) is 1.24. The third-order valence-corrected chi connectivity index (χ3v) is 3.05. The molecule has 1 aromatic rings. The number of benzene rings is 1. The lowest BCUT2D eigenvalue weighted by Crippen LogP contribution is -2.14. The van der Waals surface area contributed by atoms with E-state index in [9.17, 15) is 4.79 Å². The van der Waals surface area contributed by atoms with Crippen molar-refractivity contribution >= 4 is 6.09 Å². The van der Waals surface area contributed by atoms with Crippen LogP contribution in [0.15, 0.2) is 24.3 Å². The maximum Gasteiger partial charge on any atom is 0.404 e. The Morgan fingerprint density at radius 3 is 2.70 bits per heavy atom. The number of primary amides is 1. The number of carbonyl (C=O) groups excluding carboxylic acids is 1. The van der Waals surface area contributed by atoms with Crippen LogP contribution in [0.1, 0.15) is 17.9 Å². The second-order valence-electron chi connectivity index (χ2n) is 4.55. The summed E-state index contributed by atoms with van der Waals surface area (Å²) >= 11 is 0. The molecule has 1 aromatic carbocycles. The normalized spacial score (nSPS) is 20.4. The van der Waals surface area contributed by atoms with Crippen LogP contribution in [-0.4, -0.2) is 39.3 Å². The lowest BCUT2D eigenvalue weighted by molar-refractivity contribution is -0.00847. The molecule has 1 saturated carbocycles. The van der Waals surface area contributed by atoms with Crippen LogP contribution in [0, 0.1) is 0 Å². The van der Waals surface area contributed by atoms with E-state index in [0.29, 0.717) is 13.2 Å². The minimum atomic E-state index is -0.717. The predicted molar refractivity (Wildman–Crippen MR) is 71.6 cm³/mol. The Balaban J connectivity index is 1.72. The van der Waals surface area contributed by atoms with Gasteiger partial charge >= 0.3 is 6.09 Å². The van der Waals surface area contributed by atoms with Gasteiger partial charge in [0.05, 0.1) is 13.2 Å². The summed E-state index contributed by atoms with van der Waals surface area (Å²) in [4.78, 5) is 10.6. The zero-order chi connectivity index (χ0) is 14.4. The van der Waals surface area contributed by atoms with Crippen molar-refractivity contribution in [1.29, 1.82) is 0 Å². The van der Waals surface area contributed by atoms with Gasteiger partial charge in [0.2, 0.25) is 0 Å². The minimum Gasteiger partial charge on any atom is -0.468 e. The summed E-state index contributed by atoms with van der Waals surface area (Å²) < 4.78 is 20.4. The Morgan fingerprint density at radius 2 is 2.05 bits per heavy atom. The number of ether oxygens (including phenoxy) is 4. The molecule has 0 bridgehead atoms. The van der Waals surface area contributed by atoms with Gasteiger partial charge in [-0.2, -0.15) is 0 Å². The molecule has 1 aliphatic carbocycles. The molecule has 0 aliphatic heterocycles. The van der Waals surface area contributed by atoms with Gasteiger partial charge in [0.1, 0.15) is 11.9 Å². The van der Waals surface area contributed by atoms with Crippen LogP contribution in [0.4, 0.5) is 4.79 Å². The van der Waals surface area contributed by atoms with Gasteiger partial charge in [0, 0.05) is 13.0 Å². The minimum absolute atomic E-state index is 0.0864. The van der Waals surface area contributed by atoms with E-state index in [0.717, 1.165) is 17.7 Å². The maximum atomic E-state index is 10.6. The molecule has 6 heteroatoms. The highest BCUT2D eigenvalue weighted by atomic mass is 16.7.